The smallest absolute Gasteiger partial charge is 0.207 e. The molecule has 0 N–H and O–H groups in total. The van der Waals surface area contributed by atoms with Crippen LogP contribution in [0.1, 0.15) is 73.6 Å². The molecule has 578 valence electrons. The van der Waals surface area contributed by atoms with E-state index in [1.807, 2.05) is 6.92 Å². The number of benzene rings is 11. The molecule has 11 aromatic carbocycles. The van der Waals surface area contributed by atoms with Crippen LogP contribution in [0.2, 0.25) is 0 Å². The number of hydrogen-bond donors (Lipinski definition) is 0. The minimum atomic E-state index is -7.22. The molecule has 0 fully saturated rings. The zero-order valence-corrected chi connectivity index (χ0v) is 57.4. The first-order valence-electron chi connectivity index (χ1n) is 31.3. The van der Waals surface area contributed by atoms with Crippen LogP contribution in [-0.4, -0.2) is 14.4 Å². The molecule has 1 nitrogen and oxygen atoms in total. The van der Waals surface area contributed by atoms with Gasteiger partial charge in [-0.2, -0.15) is 4.51 Å². The monoisotopic (exact) mass is 1610 g/mol. The lowest BCUT2D eigenvalue weighted by Gasteiger charge is -2.44. The first kappa shape index (κ1) is 82.4. The lowest BCUT2D eigenvalue weighted by Crippen LogP contribution is -2.81. The van der Waals surface area contributed by atoms with Crippen molar-refractivity contribution in [2.24, 2.45) is 0 Å². The molecule has 2 heterocycles. The third-order valence-electron chi connectivity index (χ3n) is 18.8. The summed E-state index contributed by atoms with van der Waals surface area (Å²) in [5, 5.41) is 1.46. The van der Waals surface area contributed by atoms with E-state index >= 15 is 35.1 Å². The average Bonchev–Trinajstić information content (AvgIpc) is 1.54. The van der Waals surface area contributed by atoms with Crippen molar-refractivity contribution in [3.8, 4) is 28.3 Å². The molecule has 11 aromatic rings. The number of fused-ring (bicyclic) bond motifs is 8. The van der Waals surface area contributed by atoms with Gasteiger partial charge >= 0.3 is 8.24 Å². The van der Waals surface area contributed by atoms with Crippen molar-refractivity contribution in [3.63, 3.8) is 0 Å². The van der Waals surface area contributed by atoms with E-state index in [2.05, 4.69) is 139 Å². The highest BCUT2D eigenvalue weighted by molar-refractivity contribution is 7.20. The Morgan fingerprint density at radius 1 is 0.252 bits per heavy atom. The fraction of sp³-hybridized carbons (Fsp3) is 0.118. The van der Waals surface area contributed by atoms with Crippen molar-refractivity contribution in [1.82, 2.24) is 0 Å². The maximum absolute atomic E-state index is 15.4. The second kappa shape index (κ2) is 30.3. The van der Waals surface area contributed by atoms with Crippen LogP contribution in [0, 0.1) is 234 Å². The zero-order valence-electron chi connectivity index (χ0n) is 56.4. The van der Waals surface area contributed by atoms with E-state index < -0.39 is 222 Å². The first-order chi connectivity index (χ1) is 51.9. The van der Waals surface area contributed by atoms with Gasteiger partial charge in [-0.3, -0.25) is 0 Å². The zero-order chi connectivity index (χ0) is 82.6. The van der Waals surface area contributed by atoms with E-state index in [0.29, 0.717) is 0 Å². The summed E-state index contributed by atoms with van der Waals surface area (Å²) in [6.45, 7) is 15.5. The standard InChI is InChI=1S/C40H38NSi.C24BF20.2C6F6/c1-8-41-42(38-30-14-9-10-15-31(30)39(42)33-17-12-11-16-32(33)38)40-34(36-26(4)20-24(2)21-27(36)5)18-13-19-35(40)37-28(6)22-25(3)23-29(37)7;26-5-1(6(27)14(35)21(42)13(5)34)25(2-7(28)15(36)22(43)16(37)8(2)29,3-9(30)17(38)23(44)18(39)10(3)31)4-11(32)19(40)24(45)20(41)12(4)33;2*7-1-2(8)4(10)6(12)5(11)3(1)9/h9-23,38-39H,1-7H3;;;/q+1;-1;;. The highest BCUT2D eigenvalue weighted by Crippen LogP contribution is 2.62. The predicted octanol–water partition coefficient (Wildman–Crippen LogP) is 20.6. The van der Waals surface area contributed by atoms with Crippen molar-refractivity contribution in [3.05, 3.63) is 337 Å². The maximum atomic E-state index is 15.4. The normalized spacial score (nSPS) is 14.6. The van der Waals surface area contributed by atoms with Gasteiger partial charge in [0.25, 0.3) is 0 Å². The van der Waals surface area contributed by atoms with Gasteiger partial charge in [0.1, 0.15) is 52.7 Å². The minimum absolute atomic E-state index is 0.249. The van der Waals surface area contributed by atoms with Gasteiger partial charge in [0.2, 0.25) is 75.9 Å². The summed E-state index contributed by atoms with van der Waals surface area (Å²) in [6.07, 6.45) is -7.22. The van der Waals surface area contributed by atoms with Gasteiger partial charge in [-0.15, -0.1) is 21.9 Å². The summed E-state index contributed by atoms with van der Waals surface area (Å²) in [6, 6.07) is 38.2. The Balaban J connectivity index is 0.000000182. The Labute approximate surface area is 605 Å². The van der Waals surface area contributed by atoms with E-state index in [1.54, 1.807) is 0 Å². The van der Waals surface area contributed by atoms with Gasteiger partial charge in [-0.25, -0.2) is 140 Å². The summed E-state index contributed by atoms with van der Waals surface area (Å²) >= 11 is 0. The molecule has 0 spiro atoms. The van der Waals surface area contributed by atoms with Crippen LogP contribution < -0.4 is 27.0 Å². The minimum Gasteiger partial charge on any atom is -0.207 e. The Kier molecular flexibility index (Phi) is 22.5. The number of nitrogens with zero attached hydrogens (tertiary/aromatic N) is 1. The van der Waals surface area contributed by atoms with Gasteiger partial charge in [-0.05, 0) is 108 Å². The SMILES string of the molecule is CC#[N+][Si]1(c2c(-c3c(C)cc(C)cc3C)cccc2-c2c(C)cc(C)cc2C)C2c3ccccc3C1c1ccccc12.Fc1c(F)c(F)c(F)c(F)c1F.Fc1c(F)c(F)c(F)c(F)c1F.Fc1c(F)c(F)c([B-](c2c(F)c(F)c(F)c(F)c2F)(c2c(F)c(F)c(F)c(F)c2F)c2c(F)c(F)c(F)c(F)c2F)c(F)c1F. The lowest BCUT2D eigenvalue weighted by molar-refractivity contribution is 0.334. The number of halogens is 32. The molecule has 13 rings (SSSR count). The summed E-state index contributed by atoms with van der Waals surface area (Å²) in [7, 11) is -2.77. The fourth-order valence-corrected chi connectivity index (χ4v) is 20.7. The van der Waals surface area contributed by atoms with Crippen molar-refractivity contribution in [2.75, 3.05) is 0 Å². The van der Waals surface area contributed by atoms with Crippen LogP contribution in [-0.2, 0) is 0 Å². The van der Waals surface area contributed by atoms with Gasteiger partial charge in [0.15, 0.2) is 69.8 Å². The maximum Gasteiger partial charge on any atom is 0.563 e. The third-order valence-corrected chi connectivity index (χ3v) is 23.7. The summed E-state index contributed by atoms with van der Waals surface area (Å²) in [5.74, 6) is -99.8. The molecule has 0 saturated heterocycles. The quantitative estimate of drug-likeness (QED) is 0.0648. The van der Waals surface area contributed by atoms with Gasteiger partial charge in [-0.1, -0.05) is 102 Å². The van der Waals surface area contributed by atoms with Crippen LogP contribution in [0.4, 0.5) is 140 Å². The molecule has 0 atom stereocenters. The highest BCUT2D eigenvalue weighted by atomic mass is 28.3. The van der Waals surface area contributed by atoms with Crippen molar-refractivity contribution >= 4 is 41.4 Å². The molecule has 2 bridgehead atoms. The van der Waals surface area contributed by atoms with Gasteiger partial charge < -0.3 is 0 Å². The number of rotatable bonds is 7. The van der Waals surface area contributed by atoms with Crippen molar-refractivity contribution < 1.29 is 140 Å². The van der Waals surface area contributed by atoms with E-state index in [-0.39, 0.29) is 11.1 Å². The molecule has 35 heteroatoms. The topological polar surface area (TPSA) is 4.36 Å². The van der Waals surface area contributed by atoms with Crippen LogP contribution >= 0.6 is 0 Å². The largest absolute Gasteiger partial charge is 0.563 e. The van der Waals surface area contributed by atoms with Gasteiger partial charge in [0, 0.05) is 5.19 Å². The molecule has 2 aliphatic heterocycles. The van der Waals surface area contributed by atoms with E-state index in [0.717, 1.165) is 0 Å². The molecule has 111 heavy (non-hydrogen) atoms. The van der Waals surface area contributed by atoms with Crippen LogP contribution in [0.15, 0.2) is 91.0 Å². The molecule has 0 saturated carbocycles. The molecule has 0 radical (unpaired) electrons. The lowest BCUT2D eigenvalue weighted by atomic mass is 9.12. The van der Waals surface area contributed by atoms with E-state index in [4.69, 9.17) is 4.51 Å². The van der Waals surface area contributed by atoms with Crippen molar-refractivity contribution in [2.45, 2.75) is 59.5 Å². The van der Waals surface area contributed by atoms with E-state index in [9.17, 15) is 105 Å². The number of aryl methyl sites for hydroxylation is 6. The van der Waals surface area contributed by atoms with Crippen LogP contribution in [0.25, 0.3) is 26.8 Å². The average molecular weight is 1610 g/mol. The molecule has 0 amide bonds. The predicted molar refractivity (Wildman–Crippen MR) is 342 cm³/mol. The molecular formula is C76H38BF32NSi. The second-order valence-corrected chi connectivity index (χ2v) is 28.7. The highest BCUT2D eigenvalue weighted by Gasteiger charge is 2.77. The van der Waals surface area contributed by atoms with Crippen LogP contribution in [0.3, 0.4) is 0 Å². The molecule has 0 unspecified atom stereocenters. The van der Waals surface area contributed by atoms with Gasteiger partial charge in [0.05, 0.1) is 18.0 Å². The second-order valence-electron chi connectivity index (χ2n) is 25.1. The fourth-order valence-electron chi connectivity index (χ4n) is 14.8. The van der Waals surface area contributed by atoms with Crippen molar-refractivity contribution in [1.29, 1.82) is 0 Å². The Morgan fingerprint density at radius 3 is 0.595 bits per heavy atom. The summed E-state index contributed by atoms with van der Waals surface area (Å²) in [5.41, 5.74) is 5.37. The molecular weight excluding hydrogens is 1570 g/mol. The molecule has 2 aliphatic rings. The summed E-state index contributed by atoms with van der Waals surface area (Å²) in [4.78, 5) is 0. The van der Waals surface area contributed by atoms with Crippen LogP contribution in [0.5, 0.6) is 0 Å². The van der Waals surface area contributed by atoms with E-state index in [1.165, 1.54) is 83.1 Å². The first-order valence-corrected chi connectivity index (χ1v) is 33.4. The Morgan fingerprint density at radius 2 is 0.423 bits per heavy atom. The molecule has 0 aliphatic carbocycles. The Hall–Kier alpha value is -11.0. The summed E-state index contributed by atoms with van der Waals surface area (Å²) < 4.78 is 444. The molecule has 0 aromatic heterocycles. The number of hydrogen-bond acceptors (Lipinski definition) is 0. The third kappa shape index (κ3) is 12.7. The Bertz CT molecular complexity index is 4950.